The van der Waals surface area contributed by atoms with E-state index in [1.54, 1.807) is 17.9 Å². The number of amides is 2. The van der Waals surface area contributed by atoms with Crippen LogP contribution in [0.25, 0.3) is 0 Å². The number of carbonyl (C=O) groups excluding carboxylic acids is 2. The van der Waals surface area contributed by atoms with Crippen molar-refractivity contribution in [2.75, 3.05) is 24.6 Å². The summed E-state index contributed by atoms with van der Waals surface area (Å²) in [6.45, 7) is 6.81. The van der Waals surface area contributed by atoms with Crippen molar-refractivity contribution in [3.63, 3.8) is 0 Å². The summed E-state index contributed by atoms with van der Waals surface area (Å²) in [4.78, 5) is 25.5. The molecule has 2 rings (SSSR count). The first-order valence-corrected chi connectivity index (χ1v) is 7.74. The minimum atomic E-state index is -0.136. The van der Waals surface area contributed by atoms with Gasteiger partial charge in [0.25, 0.3) is 5.91 Å². The van der Waals surface area contributed by atoms with Gasteiger partial charge in [-0.25, -0.2) is 0 Å². The maximum absolute atomic E-state index is 12.2. The van der Waals surface area contributed by atoms with Crippen molar-refractivity contribution >= 4 is 17.5 Å². The van der Waals surface area contributed by atoms with Gasteiger partial charge in [0.1, 0.15) is 0 Å². The van der Waals surface area contributed by atoms with Crippen LogP contribution in [0.5, 0.6) is 0 Å². The van der Waals surface area contributed by atoms with Gasteiger partial charge in [0.15, 0.2) is 0 Å². The Kier molecular flexibility index (Phi) is 5.19. The monoisotopic (exact) mass is 304 g/mol. The van der Waals surface area contributed by atoms with Crippen LogP contribution in [0.15, 0.2) is 18.2 Å². The molecule has 2 amide bonds. The smallest absolute Gasteiger partial charge is 0.251 e. The van der Waals surface area contributed by atoms with Crippen molar-refractivity contribution in [2.24, 2.45) is 11.8 Å². The first kappa shape index (κ1) is 16.5. The summed E-state index contributed by atoms with van der Waals surface area (Å²) >= 11 is 0. The zero-order chi connectivity index (χ0) is 16.3. The van der Waals surface area contributed by atoms with E-state index in [9.17, 15) is 14.7 Å². The van der Waals surface area contributed by atoms with E-state index >= 15 is 0 Å². The topological polar surface area (TPSA) is 69.6 Å². The first-order valence-electron chi connectivity index (χ1n) is 7.74. The SMILES string of the molecule is CC(=O)N1CCc2cc(C(=O)NC[C@H](CO)C(C)C)ccc21. The Morgan fingerprint density at radius 2 is 2.09 bits per heavy atom. The quantitative estimate of drug-likeness (QED) is 0.868. The maximum Gasteiger partial charge on any atom is 0.251 e. The number of benzene rings is 1. The molecule has 1 aliphatic heterocycles. The largest absolute Gasteiger partial charge is 0.396 e. The summed E-state index contributed by atoms with van der Waals surface area (Å²) in [5, 5.41) is 12.2. The van der Waals surface area contributed by atoms with Crippen LogP contribution in [0.1, 0.15) is 36.7 Å². The number of aliphatic hydroxyl groups is 1. The average molecular weight is 304 g/mol. The third-order valence-electron chi connectivity index (χ3n) is 4.32. The number of carbonyl (C=O) groups is 2. The predicted molar refractivity (Wildman–Crippen MR) is 85.9 cm³/mol. The molecule has 5 heteroatoms. The summed E-state index contributed by atoms with van der Waals surface area (Å²) in [7, 11) is 0. The summed E-state index contributed by atoms with van der Waals surface area (Å²) in [5.74, 6) is 0.267. The van der Waals surface area contributed by atoms with E-state index in [1.807, 2.05) is 26.0 Å². The standard InChI is InChI=1S/C17H24N2O3/c1-11(2)15(10-20)9-18-17(22)14-4-5-16-13(8-14)6-7-19(16)12(3)21/h4-5,8,11,15,20H,6-7,9-10H2,1-3H3,(H,18,22)/t15-/m1/s1. The molecule has 2 N–H and O–H groups in total. The number of nitrogens with one attached hydrogen (secondary N) is 1. The van der Waals surface area contributed by atoms with E-state index in [4.69, 9.17) is 0 Å². The molecule has 22 heavy (non-hydrogen) atoms. The zero-order valence-corrected chi connectivity index (χ0v) is 13.4. The highest BCUT2D eigenvalue weighted by Gasteiger charge is 2.23. The lowest BCUT2D eigenvalue weighted by Gasteiger charge is -2.19. The molecule has 0 saturated heterocycles. The minimum absolute atomic E-state index is 0.0265. The van der Waals surface area contributed by atoms with Crippen molar-refractivity contribution in [1.29, 1.82) is 0 Å². The average Bonchev–Trinajstić information content (AvgIpc) is 2.90. The Morgan fingerprint density at radius 1 is 1.36 bits per heavy atom. The van der Waals surface area contributed by atoms with Gasteiger partial charge in [-0.3, -0.25) is 9.59 Å². The number of anilines is 1. The maximum atomic E-state index is 12.2. The van der Waals surface area contributed by atoms with E-state index in [0.29, 0.717) is 24.6 Å². The summed E-state index contributed by atoms with van der Waals surface area (Å²) < 4.78 is 0. The Morgan fingerprint density at radius 3 is 2.68 bits per heavy atom. The lowest BCUT2D eigenvalue weighted by molar-refractivity contribution is -0.116. The highest BCUT2D eigenvalue weighted by Crippen LogP contribution is 2.28. The normalized spacial score (nSPS) is 14.9. The third kappa shape index (κ3) is 3.47. The fourth-order valence-electron chi connectivity index (χ4n) is 2.71. The van der Waals surface area contributed by atoms with Crippen LogP contribution in [0.2, 0.25) is 0 Å². The van der Waals surface area contributed by atoms with Gasteiger partial charge in [-0.1, -0.05) is 13.8 Å². The fraction of sp³-hybridized carbons (Fsp3) is 0.529. The van der Waals surface area contributed by atoms with Crippen LogP contribution in [0.3, 0.4) is 0 Å². The molecule has 1 heterocycles. The molecule has 0 aromatic heterocycles. The van der Waals surface area contributed by atoms with Crippen LogP contribution < -0.4 is 10.2 Å². The van der Waals surface area contributed by atoms with Gasteiger partial charge in [0, 0.05) is 43.8 Å². The van der Waals surface area contributed by atoms with Gasteiger partial charge in [-0.05, 0) is 36.1 Å². The Hall–Kier alpha value is -1.88. The lowest BCUT2D eigenvalue weighted by Crippen LogP contribution is -2.33. The summed E-state index contributed by atoms with van der Waals surface area (Å²) in [5.41, 5.74) is 2.54. The summed E-state index contributed by atoms with van der Waals surface area (Å²) in [6.07, 6.45) is 0.779. The van der Waals surface area contributed by atoms with Gasteiger partial charge in [0.05, 0.1) is 0 Å². The molecular formula is C17H24N2O3. The molecule has 120 valence electrons. The molecule has 1 aromatic carbocycles. The molecule has 0 saturated carbocycles. The van der Waals surface area contributed by atoms with Gasteiger partial charge >= 0.3 is 0 Å². The number of nitrogens with zero attached hydrogens (tertiary/aromatic N) is 1. The number of rotatable bonds is 5. The van der Waals surface area contributed by atoms with Crippen LogP contribution in [-0.4, -0.2) is 36.6 Å². The highest BCUT2D eigenvalue weighted by atomic mass is 16.3. The molecule has 1 atom stereocenters. The Labute approximate surface area is 131 Å². The zero-order valence-electron chi connectivity index (χ0n) is 13.4. The van der Waals surface area contributed by atoms with Gasteiger partial charge in [0.2, 0.25) is 5.91 Å². The van der Waals surface area contributed by atoms with Crippen molar-refractivity contribution in [3.05, 3.63) is 29.3 Å². The number of fused-ring (bicyclic) bond motifs is 1. The molecule has 0 radical (unpaired) electrons. The minimum Gasteiger partial charge on any atom is -0.396 e. The molecule has 0 unspecified atom stereocenters. The van der Waals surface area contributed by atoms with E-state index in [-0.39, 0.29) is 24.3 Å². The van der Waals surface area contributed by atoms with Crippen LogP contribution in [0, 0.1) is 11.8 Å². The van der Waals surface area contributed by atoms with E-state index < -0.39 is 0 Å². The van der Waals surface area contributed by atoms with Crippen molar-refractivity contribution in [1.82, 2.24) is 5.32 Å². The van der Waals surface area contributed by atoms with E-state index in [1.165, 1.54) is 0 Å². The molecule has 0 spiro atoms. The Bertz CT molecular complexity index is 569. The predicted octanol–water partition coefficient (Wildman–Crippen LogP) is 1.59. The highest BCUT2D eigenvalue weighted by molar-refractivity contribution is 5.97. The van der Waals surface area contributed by atoms with E-state index in [0.717, 1.165) is 17.7 Å². The van der Waals surface area contributed by atoms with Gasteiger partial charge < -0.3 is 15.3 Å². The second kappa shape index (κ2) is 6.92. The van der Waals surface area contributed by atoms with E-state index in [2.05, 4.69) is 5.32 Å². The third-order valence-corrected chi connectivity index (χ3v) is 4.32. The van der Waals surface area contributed by atoms with Gasteiger partial charge in [-0.15, -0.1) is 0 Å². The molecular weight excluding hydrogens is 280 g/mol. The van der Waals surface area contributed by atoms with Crippen LogP contribution >= 0.6 is 0 Å². The van der Waals surface area contributed by atoms with Crippen LogP contribution in [0.4, 0.5) is 5.69 Å². The van der Waals surface area contributed by atoms with Crippen molar-refractivity contribution < 1.29 is 14.7 Å². The molecule has 1 aromatic rings. The van der Waals surface area contributed by atoms with Crippen LogP contribution in [-0.2, 0) is 11.2 Å². The molecule has 1 aliphatic rings. The van der Waals surface area contributed by atoms with Gasteiger partial charge in [-0.2, -0.15) is 0 Å². The Balaban J connectivity index is 2.05. The number of hydrogen-bond acceptors (Lipinski definition) is 3. The second-order valence-corrected chi connectivity index (χ2v) is 6.16. The number of aliphatic hydroxyl groups excluding tert-OH is 1. The molecule has 0 bridgehead atoms. The van der Waals surface area contributed by atoms with Crippen molar-refractivity contribution in [3.8, 4) is 0 Å². The van der Waals surface area contributed by atoms with Crippen molar-refractivity contribution in [2.45, 2.75) is 27.2 Å². The first-order chi connectivity index (χ1) is 10.4. The second-order valence-electron chi connectivity index (χ2n) is 6.16. The summed E-state index contributed by atoms with van der Waals surface area (Å²) in [6, 6.07) is 5.44. The lowest BCUT2D eigenvalue weighted by atomic mass is 9.96. The fourth-order valence-corrected chi connectivity index (χ4v) is 2.71. The number of hydrogen-bond donors (Lipinski definition) is 2. The molecule has 0 fully saturated rings. The molecule has 0 aliphatic carbocycles. The molecule has 5 nitrogen and oxygen atoms in total.